The first kappa shape index (κ1) is 19.8. The number of carboxylic acids is 2. The van der Waals surface area contributed by atoms with Crippen LogP contribution < -0.4 is 11.1 Å². The van der Waals surface area contributed by atoms with Crippen molar-refractivity contribution in [1.29, 1.82) is 5.41 Å². The minimum Gasteiger partial charge on any atom is -0.481 e. The molecule has 0 saturated carbocycles. The molecule has 0 amide bonds. The van der Waals surface area contributed by atoms with Gasteiger partial charge in [0.2, 0.25) is 0 Å². The molecule has 2 aromatic carbocycles. The van der Waals surface area contributed by atoms with Crippen molar-refractivity contribution < 1.29 is 29.0 Å². The number of nitrogen functional groups attached to an aromatic ring is 1. The third-order valence-electron chi connectivity index (χ3n) is 4.90. The normalized spacial score (nSPS) is 11.0. The smallest absolute Gasteiger partial charge is 0.336 e. The third kappa shape index (κ3) is 3.62. The molecule has 0 fully saturated rings. The minimum atomic E-state index is -1.30. The van der Waals surface area contributed by atoms with E-state index in [1.807, 2.05) is 0 Å². The summed E-state index contributed by atoms with van der Waals surface area (Å²) in [5.41, 5.74) is 8.05. The van der Waals surface area contributed by atoms with Crippen LogP contribution in [0.2, 0.25) is 0 Å². The molecule has 0 unspecified atom stereocenters. The van der Waals surface area contributed by atoms with Crippen LogP contribution in [0.1, 0.15) is 27.1 Å². The van der Waals surface area contributed by atoms with E-state index in [9.17, 15) is 19.5 Å². The first-order valence-corrected chi connectivity index (χ1v) is 9.18. The van der Waals surface area contributed by atoms with Crippen LogP contribution in [-0.4, -0.2) is 27.9 Å². The van der Waals surface area contributed by atoms with E-state index < -0.39 is 24.1 Å². The van der Waals surface area contributed by atoms with E-state index in [0.29, 0.717) is 39.1 Å². The zero-order chi connectivity index (χ0) is 22.3. The summed E-state index contributed by atoms with van der Waals surface area (Å²) in [5, 5.41) is 27.4. The summed E-state index contributed by atoms with van der Waals surface area (Å²) in [5.74, 6) is -2.88. The summed E-state index contributed by atoms with van der Waals surface area (Å²) < 4.78 is 5.91. The zero-order valence-electron chi connectivity index (χ0n) is 16.0. The summed E-state index contributed by atoms with van der Waals surface area (Å²) in [6, 6.07) is 13.8. The van der Waals surface area contributed by atoms with Crippen LogP contribution in [-0.2, 0) is 4.79 Å². The van der Waals surface area contributed by atoms with E-state index in [-0.39, 0.29) is 16.5 Å². The molecule has 8 heteroatoms. The Labute approximate surface area is 175 Å². The molecule has 31 heavy (non-hydrogen) atoms. The van der Waals surface area contributed by atoms with Crippen molar-refractivity contribution in [3.8, 4) is 22.5 Å². The van der Waals surface area contributed by atoms with Gasteiger partial charge in [-0.05, 0) is 35.9 Å². The summed E-state index contributed by atoms with van der Waals surface area (Å²) in [4.78, 5) is 35.1. The molecule has 1 heterocycles. The largest absolute Gasteiger partial charge is 0.481 e. The molecule has 0 bridgehead atoms. The molecule has 8 nitrogen and oxygen atoms in total. The zero-order valence-corrected chi connectivity index (χ0v) is 16.0. The SMILES string of the molecule is N=c1ccc2c(-c3ccc(C(=O)CC(=O)O)cc3C(=O)O)c3ccc(N)cc3oc-2c1. The number of hydrogen-bond donors (Lipinski definition) is 4. The first-order chi connectivity index (χ1) is 14.7. The fourth-order valence-corrected chi connectivity index (χ4v) is 3.55. The minimum absolute atomic E-state index is 0.00420. The maximum atomic E-state index is 12.2. The number of nitrogens with two attached hydrogens (primary N) is 1. The Morgan fingerprint density at radius 1 is 0.935 bits per heavy atom. The average molecular weight is 416 g/mol. The van der Waals surface area contributed by atoms with E-state index in [2.05, 4.69) is 0 Å². The van der Waals surface area contributed by atoms with Crippen LogP contribution in [0, 0.1) is 5.41 Å². The first-order valence-electron chi connectivity index (χ1n) is 9.18. The van der Waals surface area contributed by atoms with Crippen molar-refractivity contribution in [2.45, 2.75) is 6.42 Å². The van der Waals surface area contributed by atoms with Gasteiger partial charge in [0.05, 0.1) is 10.9 Å². The Balaban J connectivity index is 2.06. The Morgan fingerprint density at radius 3 is 2.39 bits per heavy atom. The number of aliphatic carboxylic acids is 1. The molecule has 1 aliphatic carbocycles. The lowest BCUT2D eigenvalue weighted by Gasteiger charge is -2.17. The van der Waals surface area contributed by atoms with Crippen molar-refractivity contribution in [3.05, 3.63) is 71.1 Å². The number of rotatable bonds is 5. The van der Waals surface area contributed by atoms with Gasteiger partial charge in [-0.1, -0.05) is 12.1 Å². The van der Waals surface area contributed by atoms with Gasteiger partial charge in [0.25, 0.3) is 0 Å². The molecule has 0 aromatic heterocycles. The van der Waals surface area contributed by atoms with Gasteiger partial charge < -0.3 is 25.8 Å². The number of fused-ring (bicyclic) bond motifs is 2. The second-order valence-electron chi connectivity index (χ2n) is 7.00. The van der Waals surface area contributed by atoms with Gasteiger partial charge in [0.1, 0.15) is 17.8 Å². The predicted molar refractivity (Wildman–Crippen MR) is 112 cm³/mol. The number of ketones is 1. The predicted octanol–water partition coefficient (Wildman–Crippen LogP) is 3.62. The van der Waals surface area contributed by atoms with Gasteiger partial charge in [-0.3, -0.25) is 9.59 Å². The van der Waals surface area contributed by atoms with Crippen molar-refractivity contribution in [2.75, 3.05) is 5.73 Å². The molecular formula is C23H16N2O6. The molecule has 1 aliphatic heterocycles. The van der Waals surface area contributed by atoms with Crippen LogP contribution in [0.25, 0.3) is 33.4 Å². The van der Waals surface area contributed by atoms with E-state index in [1.54, 1.807) is 30.3 Å². The Bertz CT molecular complexity index is 1420. The van der Waals surface area contributed by atoms with E-state index in [1.165, 1.54) is 24.3 Å². The summed E-state index contributed by atoms with van der Waals surface area (Å²) in [6.07, 6.45) is -0.736. The number of anilines is 1. The van der Waals surface area contributed by atoms with Crippen LogP contribution in [0.5, 0.6) is 0 Å². The molecular weight excluding hydrogens is 400 g/mol. The number of hydrogen-bond acceptors (Lipinski definition) is 6. The summed E-state index contributed by atoms with van der Waals surface area (Å²) >= 11 is 0. The van der Waals surface area contributed by atoms with Gasteiger partial charge in [0.15, 0.2) is 5.78 Å². The molecule has 0 saturated heterocycles. The van der Waals surface area contributed by atoms with Gasteiger partial charge in [0, 0.05) is 39.9 Å². The van der Waals surface area contributed by atoms with Crippen molar-refractivity contribution in [2.24, 2.45) is 0 Å². The van der Waals surface area contributed by atoms with Crippen LogP contribution in [0.4, 0.5) is 5.69 Å². The van der Waals surface area contributed by atoms with Crippen molar-refractivity contribution >= 4 is 34.4 Å². The second kappa shape index (κ2) is 7.42. The fraction of sp³-hybridized carbons (Fsp3) is 0.0435. The van der Waals surface area contributed by atoms with E-state index in [0.717, 1.165) is 0 Å². The van der Waals surface area contributed by atoms with Gasteiger partial charge >= 0.3 is 11.9 Å². The van der Waals surface area contributed by atoms with Crippen LogP contribution in [0.15, 0.2) is 59.0 Å². The molecule has 0 atom stereocenters. The summed E-state index contributed by atoms with van der Waals surface area (Å²) in [6.45, 7) is 0. The maximum Gasteiger partial charge on any atom is 0.336 e. The lowest BCUT2D eigenvalue weighted by atomic mass is 9.89. The molecule has 2 aromatic rings. The number of carbonyl (C=O) groups is 3. The van der Waals surface area contributed by atoms with E-state index in [4.69, 9.17) is 20.7 Å². The van der Waals surface area contributed by atoms with Crippen LogP contribution in [0.3, 0.4) is 0 Å². The number of aromatic carboxylic acids is 1. The van der Waals surface area contributed by atoms with Crippen molar-refractivity contribution in [1.82, 2.24) is 0 Å². The highest BCUT2D eigenvalue weighted by Crippen LogP contribution is 2.41. The van der Waals surface area contributed by atoms with Crippen LogP contribution >= 0.6 is 0 Å². The average Bonchev–Trinajstić information content (AvgIpc) is 2.70. The van der Waals surface area contributed by atoms with Gasteiger partial charge in [-0.2, -0.15) is 0 Å². The number of Topliss-reactive ketones (excluding diaryl/α,β-unsaturated/α-hetero) is 1. The molecule has 154 valence electrons. The topological polar surface area (TPSA) is 155 Å². The molecule has 5 N–H and O–H groups in total. The highest BCUT2D eigenvalue weighted by molar-refractivity contribution is 6.11. The molecule has 0 radical (unpaired) electrons. The van der Waals surface area contributed by atoms with E-state index >= 15 is 0 Å². The maximum absolute atomic E-state index is 12.2. The van der Waals surface area contributed by atoms with Crippen molar-refractivity contribution in [3.63, 3.8) is 0 Å². The van der Waals surface area contributed by atoms with Gasteiger partial charge in [-0.15, -0.1) is 0 Å². The number of carbonyl (C=O) groups excluding carboxylic acids is 1. The molecule has 4 rings (SSSR count). The molecule has 0 spiro atoms. The fourth-order valence-electron chi connectivity index (χ4n) is 3.55. The summed E-state index contributed by atoms with van der Waals surface area (Å²) in [7, 11) is 0. The third-order valence-corrected chi connectivity index (χ3v) is 4.90. The molecule has 2 aliphatic rings. The Kier molecular flexibility index (Phi) is 4.75. The lowest BCUT2D eigenvalue weighted by molar-refractivity contribution is -0.135. The Morgan fingerprint density at radius 2 is 1.68 bits per heavy atom. The standard InChI is InChI=1S/C23H16N2O6/c24-12-2-5-15-19(8-12)31-20-9-13(25)3-6-16(20)22(15)14-4-1-11(7-17(14)23(29)30)18(26)10-21(27)28/h1-9,24H,10,25H2,(H,27,28)(H,29,30). The lowest BCUT2D eigenvalue weighted by Crippen LogP contribution is -2.09. The monoisotopic (exact) mass is 416 g/mol. The number of nitrogens with one attached hydrogen (secondary N) is 1. The van der Waals surface area contributed by atoms with Gasteiger partial charge in [-0.25, -0.2) is 4.79 Å². The Hall–Kier alpha value is -4.46. The second-order valence-corrected chi connectivity index (χ2v) is 7.00. The number of carboxylic acid groups (broad SMARTS) is 2. The highest BCUT2D eigenvalue weighted by Gasteiger charge is 2.23. The highest BCUT2D eigenvalue weighted by atomic mass is 16.4. The number of benzene rings is 3. The quantitative estimate of drug-likeness (QED) is 0.168.